The number of thioether (sulfide) groups is 1. The molecule has 2 aromatic carbocycles. The number of ether oxygens (including phenoxy) is 1. The monoisotopic (exact) mass is 357 g/mol. The van der Waals surface area contributed by atoms with Gasteiger partial charge in [-0.1, -0.05) is 80.3 Å². The van der Waals surface area contributed by atoms with E-state index in [4.69, 9.17) is 17.0 Å². The number of rotatable bonds is 4. The molecule has 1 heterocycles. The lowest BCUT2D eigenvalue weighted by atomic mass is 10.2. The van der Waals surface area contributed by atoms with E-state index in [0.29, 0.717) is 15.8 Å². The van der Waals surface area contributed by atoms with Gasteiger partial charge in [-0.3, -0.25) is 4.79 Å². The van der Waals surface area contributed by atoms with Crippen molar-refractivity contribution in [1.29, 1.82) is 0 Å². The second-order valence-corrected chi connectivity index (χ2v) is 6.42. The standard InChI is InChI=1S/C17H13NO2S2.C2H6/c19-16-15(22-17(21)18-16)10-13-7-4-8-14(9-13)20-11-12-5-2-1-3-6-12;1-2/h1-10H,11H2,(H,18,19,21);1-2H3. The van der Waals surface area contributed by atoms with Crippen LogP contribution in [0.25, 0.3) is 6.08 Å². The van der Waals surface area contributed by atoms with Gasteiger partial charge in [-0.25, -0.2) is 0 Å². The summed E-state index contributed by atoms with van der Waals surface area (Å²) >= 11 is 6.25. The Balaban J connectivity index is 0.00000100. The van der Waals surface area contributed by atoms with Crippen molar-refractivity contribution >= 4 is 40.3 Å². The van der Waals surface area contributed by atoms with Crippen LogP contribution in [0.5, 0.6) is 5.75 Å². The van der Waals surface area contributed by atoms with Crippen LogP contribution in [0.2, 0.25) is 0 Å². The summed E-state index contributed by atoms with van der Waals surface area (Å²) in [5.74, 6) is 0.620. The Morgan fingerprint density at radius 1 is 1.12 bits per heavy atom. The summed E-state index contributed by atoms with van der Waals surface area (Å²) in [7, 11) is 0. The molecule has 3 nitrogen and oxygen atoms in total. The summed E-state index contributed by atoms with van der Waals surface area (Å²) in [6.07, 6.45) is 1.81. The predicted molar refractivity (Wildman–Crippen MR) is 105 cm³/mol. The zero-order valence-corrected chi connectivity index (χ0v) is 15.2. The molecule has 2 aromatic rings. The first-order valence-electron chi connectivity index (χ1n) is 7.72. The maximum atomic E-state index is 11.7. The van der Waals surface area contributed by atoms with Crippen LogP contribution in [-0.4, -0.2) is 10.2 Å². The molecule has 0 radical (unpaired) electrons. The normalized spacial score (nSPS) is 14.8. The van der Waals surface area contributed by atoms with Crippen LogP contribution in [-0.2, 0) is 11.4 Å². The van der Waals surface area contributed by atoms with Gasteiger partial charge in [0.05, 0.1) is 4.91 Å². The number of amides is 1. The molecule has 1 saturated heterocycles. The molecule has 5 heteroatoms. The Morgan fingerprint density at radius 3 is 2.54 bits per heavy atom. The van der Waals surface area contributed by atoms with E-state index in [2.05, 4.69) is 5.32 Å². The van der Waals surface area contributed by atoms with Crippen LogP contribution >= 0.6 is 24.0 Å². The zero-order chi connectivity index (χ0) is 17.4. The second kappa shape index (κ2) is 9.25. The highest BCUT2D eigenvalue weighted by molar-refractivity contribution is 8.26. The number of benzene rings is 2. The van der Waals surface area contributed by atoms with E-state index in [1.807, 2.05) is 74.5 Å². The molecule has 0 aromatic heterocycles. The van der Waals surface area contributed by atoms with Crippen molar-refractivity contribution in [2.24, 2.45) is 0 Å². The van der Waals surface area contributed by atoms with E-state index >= 15 is 0 Å². The molecular formula is C19H19NO2S2. The van der Waals surface area contributed by atoms with Crippen molar-refractivity contribution in [3.8, 4) is 5.75 Å². The van der Waals surface area contributed by atoms with E-state index in [1.165, 1.54) is 11.8 Å². The summed E-state index contributed by atoms with van der Waals surface area (Å²) in [5, 5.41) is 2.60. The molecule has 0 unspecified atom stereocenters. The lowest BCUT2D eigenvalue weighted by Gasteiger charge is -2.07. The van der Waals surface area contributed by atoms with Crippen LogP contribution in [0.15, 0.2) is 59.5 Å². The van der Waals surface area contributed by atoms with Gasteiger partial charge in [-0.15, -0.1) is 0 Å². The number of thiocarbonyl (C=S) groups is 1. The predicted octanol–water partition coefficient (Wildman–Crippen LogP) is 4.78. The quantitative estimate of drug-likeness (QED) is 0.631. The third-order valence-corrected chi connectivity index (χ3v) is 4.21. The second-order valence-electron chi connectivity index (χ2n) is 4.70. The fraction of sp³-hybridized carbons (Fsp3) is 0.158. The molecule has 0 spiro atoms. The molecule has 0 saturated carbocycles. The van der Waals surface area contributed by atoms with E-state index in [1.54, 1.807) is 0 Å². The van der Waals surface area contributed by atoms with Crippen molar-refractivity contribution in [3.63, 3.8) is 0 Å². The maximum Gasteiger partial charge on any atom is 0.263 e. The van der Waals surface area contributed by atoms with Gasteiger partial charge < -0.3 is 10.1 Å². The van der Waals surface area contributed by atoms with Crippen LogP contribution in [0, 0.1) is 0 Å². The van der Waals surface area contributed by atoms with Crippen molar-refractivity contribution in [1.82, 2.24) is 5.32 Å². The van der Waals surface area contributed by atoms with Crippen molar-refractivity contribution in [2.45, 2.75) is 20.5 Å². The van der Waals surface area contributed by atoms with E-state index < -0.39 is 0 Å². The molecule has 0 bridgehead atoms. The minimum Gasteiger partial charge on any atom is -0.489 e. The third kappa shape index (κ3) is 5.22. The Morgan fingerprint density at radius 2 is 1.88 bits per heavy atom. The first-order valence-corrected chi connectivity index (χ1v) is 8.95. The molecule has 1 N–H and O–H groups in total. The van der Waals surface area contributed by atoms with Crippen LogP contribution in [0.4, 0.5) is 0 Å². The lowest BCUT2D eigenvalue weighted by molar-refractivity contribution is -0.115. The summed E-state index contributed by atoms with van der Waals surface area (Å²) in [5.41, 5.74) is 2.02. The number of hydrogen-bond donors (Lipinski definition) is 1. The summed E-state index contributed by atoms with van der Waals surface area (Å²) in [6, 6.07) is 17.6. The molecule has 1 amide bonds. The molecule has 124 valence electrons. The van der Waals surface area contributed by atoms with Crippen molar-refractivity contribution < 1.29 is 9.53 Å². The Hall–Kier alpha value is -2.11. The fourth-order valence-electron chi connectivity index (χ4n) is 2.01. The van der Waals surface area contributed by atoms with Gasteiger partial charge >= 0.3 is 0 Å². The third-order valence-electron chi connectivity index (χ3n) is 3.05. The van der Waals surface area contributed by atoms with E-state index in [9.17, 15) is 4.79 Å². The number of carbonyl (C=O) groups is 1. The Bertz CT molecular complexity index is 742. The molecule has 24 heavy (non-hydrogen) atoms. The lowest BCUT2D eigenvalue weighted by Crippen LogP contribution is -2.17. The fourth-order valence-corrected chi connectivity index (χ4v) is 3.05. The average Bonchev–Trinajstić information content (AvgIpc) is 2.93. The zero-order valence-electron chi connectivity index (χ0n) is 13.6. The van der Waals surface area contributed by atoms with Gasteiger partial charge in [0, 0.05) is 0 Å². The SMILES string of the molecule is CC.O=C1NC(=S)SC1=Cc1cccc(OCc2ccccc2)c1. The minimum absolute atomic E-state index is 0.148. The van der Waals surface area contributed by atoms with Gasteiger partial charge in [-0.05, 0) is 29.3 Å². The number of carbonyl (C=O) groups excluding carboxylic acids is 1. The largest absolute Gasteiger partial charge is 0.489 e. The Kier molecular flexibility index (Phi) is 7.03. The molecule has 0 aliphatic carbocycles. The van der Waals surface area contributed by atoms with Gasteiger partial charge in [0.1, 0.15) is 16.7 Å². The number of hydrogen-bond acceptors (Lipinski definition) is 4. The highest BCUT2D eigenvalue weighted by Crippen LogP contribution is 2.27. The summed E-state index contributed by atoms with van der Waals surface area (Å²) < 4.78 is 6.28. The average molecular weight is 358 g/mol. The summed E-state index contributed by atoms with van der Waals surface area (Å²) in [4.78, 5) is 12.3. The first kappa shape index (κ1) is 18.2. The highest BCUT2D eigenvalue weighted by Gasteiger charge is 2.21. The van der Waals surface area contributed by atoms with E-state index in [0.717, 1.165) is 16.9 Å². The molecule has 1 fully saturated rings. The molecule has 1 aliphatic rings. The van der Waals surface area contributed by atoms with Gasteiger partial charge in [0.25, 0.3) is 5.91 Å². The van der Waals surface area contributed by atoms with Crippen molar-refractivity contribution in [3.05, 3.63) is 70.6 Å². The maximum absolute atomic E-state index is 11.7. The minimum atomic E-state index is -0.148. The number of nitrogens with one attached hydrogen (secondary N) is 1. The highest BCUT2D eigenvalue weighted by atomic mass is 32.2. The smallest absolute Gasteiger partial charge is 0.263 e. The Labute approximate surface area is 152 Å². The van der Waals surface area contributed by atoms with Gasteiger partial charge in [-0.2, -0.15) is 0 Å². The van der Waals surface area contributed by atoms with Crippen molar-refractivity contribution in [2.75, 3.05) is 0 Å². The van der Waals surface area contributed by atoms with Crippen LogP contribution in [0.3, 0.4) is 0 Å². The summed E-state index contributed by atoms with van der Waals surface area (Å²) in [6.45, 7) is 4.51. The van der Waals surface area contributed by atoms with Gasteiger partial charge in [0.15, 0.2) is 0 Å². The van der Waals surface area contributed by atoms with Crippen LogP contribution < -0.4 is 10.1 Å². The van der Waals surface area contributed by atoms with E-state index in [-0.39, 0.29) is 5.91 Å². The molecule has 3 rings (SSSR count). The first-order chi connectivity index (χ1) is 11.7. The van der Waals surface area contributed by atoms with Crippen LogP contribution in [0.1, 0.15) is 25.0 Å². The topological polar surface area (TPSA) is 38.3 Å². The van der Waals surface area contributed by atoms with Gasteiger partial charge in [0.2, 0.25) is 0 Å². The molecule has 0 atom stereocenters. The molecular weight excluding hydrogens is 338 g/mol. The molecule has 1 aliphatic heterocycles.